The van der Waals surface area contributed by atoms with Gasteiger partial charge in [-0.2, -0.15) is 0 Å². The van der Waals surface area contributed by atoms with Crippen LogP contribution in [0.15, 0.2) is 54.6 Å². The van der Waals surface area contributed by atoms with Gasteiger partial charge in [0.2, 0.25) is 0 Å². The lowest BCUT2D eigenvalue weighted by Gasteiger charge is -2.05. The molecule has 2 aromatic carbocycles. The first-order valence-electron chi connectivity index (χ1n) is 6.38. The second-order valence-electron chi connectivity index (χ2n) is 4.60. The third kappa shape index (κ3) is 2.78. The monoisotopic (exact) mass is 295 g/mol. The maximum atomic E-state index is 12.1. The summed E-state index contributed by atoms with van der Waals surface area (Å²) in [7, 11) is 0. The number of nitrogen functional groups attached to an aromatic ring is 1. The first-order chi connectivity index (χ1) is 10.1. The van der Waals surface area contributed by atoms with Gasteiger partial charge >= 0.3 is 0 Å². The van der Waals surface area contributed by atoms with E-state index in [2.05, 4.69) is 5.32 Å². The molecule has 0 saturated heterocycles. The highest BCUT2D eigenvalue weighted by Crippen LogP contribution is 2.28. The SMILES string of the molecule is N=C(N)c1cc2cc(NC(=O)c3ccccc3)ccc2s1. The number of fused-ring (bicyclic) bond motifs is 1. The smallest absolute Gasteiger partial charge is 0.255 e. The molecule has 21 heavy (non-hydrogen) atoms. The topological polar surface area (TPSA) is 79.0 Å². The molecule has 0 spiro atoms. The Hall–Kier alpha value is -2.66. The standard InChI is InChI=1S/C16H13N3OS/c17-15(18)14-9-11-8-12(6-7-13(11)21-14)19-16(20)10-4-2-1-3-5-10/h1-9H,(H3,17,18)(H,19,20). The van der Waals surface area contributed by atoms with Crippen LogP contribution in [-0.4, -0.2) is 11.7 Å². The van der Waals surface area contributed by atoms with Gasteiger partial charge in [-0.25, -0.2) is 0 Å². The summed E-state index contributed by atoms with van der Waals surface area (Å²) >= 11 is 1.47. The fraction of sp³-hybridized carbons (Fsp3) is 0. The fourth-order valence-corrected chi connectivity index (χ4v) is 2.95. The summed E-state index contributed by atoms with van der Waals surface area (Å²) in [4.78, 5) is 12.8. The third-order valence-corrected chi connectivity index (χ3v) is 4.22. The molecule has 4 nitrogen and oxygen atoms in total. The van der Waals surface area contributed by atoms with Crippen molar-refractivity contribution in [2.24, 2.45) is 5.73 Å². The Labute approximate surface area is 125 Å². The summed E-state index contributed by atoms with van der Waals surface area (Å²) in [6.07, 6.45) is 0. The number of carbonyl (C=O) groups excluding carboxylic acids is 1. The number of hydrogen-bond acceptors (Lipinski definition) is 3. The van der Waals surface area contributed by atoms with Crippen LogP contribution in [0.2, 0.25) is 0 Å². The second kappa shape index (κ2) is 5.38. The highest BCUT2D eigenvalue weighted by molar-refractivity contribution is 7.20. The molecule has 0 aliphatic rings. The van der Waals surface area contributed by atoms with E-state index in [1.807, 2.05) is 42.5 Å². The Bertz CT molecular complexity index is 824. The summed E-state index contributed by atoms with van der Waals surface area (Å²) in [5.74, 6) is -0.0805. The Morgan fingerprint density at radius 1 is 1.10 bits per heavy atom. The van der Waals surface area contributed by atoms with Crippen molar-refractivity contribution in [1.29, 1.82) is 5.41 Å². The lowest BCUT2D eigenvalue weighted by atomic mass is 10.2. The molecule has 104 valence electrons. The highest BCUT2D eigenvalue weighted by atomic mass is 32.1. The third-order valence-electron chi connectivity index (χ3n) is 3.08. The molecule has 0 aliphatic heterocycles. The van der Waals surface area contributed by atoms with Gasteiger partial charge in [-0.3, -0.25) is 10.2 Å². The van der Waals surface area contributed by atoms with Crippen molar-refractivity contribution in [2.75, 3.05) is 5.32 Å². The van der Waals surface area contributed by atoms with E-state index < -0.39 is 0 Å². The number of benzene rings is 2. The van der Waals surface area contributed by atoms with Gasteiger partial charge < -0.3 is 11.1 Å². The maximum absolute atomic E-state index is 12.1. The molecule has 3 aromatic rings. The van der Waals surface area contributed by atoms with Crippen LogP contribution < -0.4 is 11.1 Å². The van der Waals surface area contributed by atoms with Crippen LogP contribution in [0.3, 0.4) is 0 Å². The lowest BCUT2D eigenvalue weighted by molar-refractivity contribution is 0.102. The molecule has 0 saturated carbocycles. The van der Waals surface area contributed by atoms with Crippen molar-refractivity contribution >= 4 is 38.9 Å². The zero-order chi connectivity index (χ0) is 14.8. The number of nitrogens with two attached hydrogens (primary N) is 1. The molecule has 4 N–H and O–H groups in total. The maximum Gasteiger partial charge on any atom is 0.255 e. The molecule has 0 fully saturated rings. The summed E-state index contributed by atoms with van der Waals surface area (Å²) in [6.45, 7) is 0. The Morgan fingerprint density at radius 2 is 1.86 bits per heavy atom. The van der Waals surface area contributed by atoms with Crippen LogP contribution in [0.1, 0.15) is 15.2 Å². The molecule has 0 unspecified atom stereocenters. The molecule has 0 bridgehead atoms. The van der Waals surface area contributed by atoms with Crippen molar-refractivity contribution in [3.05, 3.63) is 65.0 Å². The lowest BCUT2D eigenvalue weighted by Crippen LogP contribution is -2.11. The first-order valence-corrected chi connectivity index (χ1v) is 7.19. The summed E-state index contributed by atoms with van der Waals surface area (Å²) < 4.78 is 1.04. The largest absolute Gasteiger partial charge is 0.383 e. The Morgan fingerprint density at radius 3 is 2.57 bits per heavy atom. The van der Waals surface area contributed by atoms with E-state index in [1.165, 1.54) is 11.3 Å². The number of nitrogens with one attached hydrogen (secondary N) is 2. The minimum atomic E-state index is -0.142. The summed E-state index contributed by atoms with van der Waals surface area (Å²) in [5, 5.41) is 11.3. The van der Waals surface area contributed by atoms with Gasteiger partial charge in [0.05, 0.1) is 4.88 Å². The number of hydrogen-bond donors (Lipinski definition) is 3. The predicted octanol–water partition coefficient (Wildman–Crippen LogP) is 3.44. The van der Waals surface area contributed by atoms with E-state index in [9.17, 15) is 4.79 Å². The second-order valence-corrected chi connectivity index (χ2v) is 5.68. The number of thiophene rings is 1. The van der Waals surface area contributed by atoms with Gasteiger partial charge in [0.1, 0.15) is 5.84 Å². The van der Waals surface area contributed by atoms with E-state index in [0.717, 1.165) is 20.7 Å². The van der Waals surface area contributed by atoms with E-state index in [-0.39, 0.29) is 11.7 Å². The zero-order valence-corrected chi connectivity index (χ0v) is 11.9. The van der Waals surface area contributed by atoms with Crippen molar-refractivity contribution in [3.8, 4) is 0 Å². The zero-order valence-electron chi connectivity index (χ0n) is 11.1. The van der Waals surface area contributed by atoms with Gasteiger partial charge in [0.15, 0.2) is 0 Å². The number of amidine groups is 1. The molecule has 0 atom stereocenters. The van der Waals surface area contributed by atoms with Gasteiger partial charge in [0.25, 0.3) is 5.91 Å². The average molecular weight is 295 g/mol. The highest BCUT2D eigenvalue weighted by Gasteiger charge is 2.08. The molecule has 0 aliphatic carbocycles. The van der Waals surface area contributed by atoms with Crippen LogP contribution >= 0.6 is 11.3 Å². The van der Waals surface area contributed by atoms with Crippen LogP contribution in [0.5, 0.6) is 0 Å². The number of amides is 1. The molecule has 5 heteroatoms. The van der Waals surface area contributed by atoms with Crippen LogP contribution in [0.25, 0.3) is 10.1 Å². The molecule has 1 heterocycles. The number of anilines is 1. The van der Waals surface area contributed by atoms with Gasteiger partial charge in [-0.05, 0) is 41.8 Å². The van der Waals surface area contributed by atoms with E-state index in [1.54, 1.807) is 12.1 Å². The first kappa shape index (κ1) is 13.3. The molecular formula is C16H13N3OS. The van der Waals surface area contributed by atoms with E-state index in [4.69, 9.17) is 11.1 Å². The van der Waals surface area contributed by atoms with Gasteiger partial charge in [-0.1, -0.05) is 18.2 Å². The Balaban J connectivity index is 1.87. The van der Waals surface area contributed by atoms with Crippen molar-refractivity contribution < 1.29 is 4.79 Å². The predicted molar refractivity (Wildman–Crippen MR) is 87.2 cm³/mol. The normalized spacial score (nSPS) is 10.5. The summed E-state index contributed by atoms with van der Waals surface area (Å²) in [6, 6.07) is 16.6. The number of carbonyl (C=O) groups is 1. The minimum Gasteiger partial charge on any atom is -0.383 e. The van der Waals surface area contributed by atoms with Crippen molar-refractivity contribution in [2.45, 2.75) is 0 Å². The molecule has 1 amide bonds. The fourth-order valence-electron chi connectivity index (χ4n) is 2.05. The van der Waals surface area contributed by atoms with Gasteiger partial charge in [-0.15, -0.1) is 11.3 Å². The number of rotatable bonds is 3. The molecular weight excluding hydrogens is 282 g/mol. The quantitative estimate of drug-likeness (QED) is 0.511. The van der Waals surface area contributed by atoms with E-state index in [0.29, 0.717) is 5.56 Å². The van der Waals surface area contributed by atoms with Crippen molar-refractivity contribution in [1.82, 2.24) is 0 Å². The van der Waals surface area contributed by atoms with Crippen LogP contribution in [-0.2, 0) is 0 Å². The van der Waals surface area contributed by atoms with E-state index >= 15 is 0 Å². The van der Waals surface area contributed by atoms with Crippen molar-refractivity contribution in [3.63, 3.8) is 0 Å². The summed E-state index contributed by atoms with van der Waals surface area (Å²) in [5.41, 5.74) is 6.84. The minimum absolute atomic E-state index is 0.0612. The Kier molecular flexibility index (Phi) is 3.41. The van der Waals surface area contributed by atoms with Gasteiger partial charge in [0, 0.05) is 16.0 Å². The molecule has 3 rings (SSSR count). The average Bonchev–Trinajstić information content (AvgIpc) is 2.91. The van der Waals surface area contributed by atoms with Crippen LogP contribution in [0.4, 0.5) is 5.69 Å². The van der Waals surface area contributed by atoms with Crippen LogP contribution in [0, 0.1) is 5.41 Å². The molecule has 1 aromatic heterocycles. The molecule has 0 radical (unpaired) electrons.